The number of esters is 1. The van der Waals surface area contributed by atoms with Gasteiger partial charge in [-0.2, -0.15) is 0 Å². The molecule has 0 bridgehead atoms. The molecule has 8 heteroatoms. The van der Waals surface area contributed by atoms with Crippen LogP contribution in [-0.4, -0.2) is 47.5 Å². The largest absolute Gasteiger partial charge is 0.466 e. The lowest BCUT2D eigenvalue weighted by molar-refractivity contribution is -0.145. The van der Waals surface area contributed by atoms with Gasteiger partial charge in [-0.15, -0.1) is 0 Å². The van der Waals surface area contributed by atoms with Crippen LogP contribution >= 0.6 is 0 Å². The first kappa shape index (κ1) is 17.7. The summed E-state index contributed by atoms with van der Waals surface area (Å²) in [5, 5.41) is 6.08. The van der Waals surface area contributed by atoms with Gasteiger partial charge in [0.25, 0.3) is 0 Å². The zero-order valence-corrected chi connectivity index (χ0v) is 12.8. The lowest BCUT2D eigenvalue weighted by Gasteiger charge is -2.21. The Kier molecular flexibility index (Phi) is 7.66. The molecule has 0 aliphatic carbocycles. The molecule has 1 heterocycles. The van der Waals surface area contributed by atoms with Crippen LogP contribution in [0, 0.1) is 0 Å². The third-order valence-corrected chi connectivity index (χ3v) is 2.73. The van der Waals surface area contributed by atoms with Crippen LogP contribution in [0.3, 0.4) is 0 Å². The SMILES string of the molecule is CCCN(CC(=O)Nc1ccon1)C(=O)CCC(=O)OCC. The standard InChI is InChI=1S/C14H21N3O5/c1-3-8-17(13(19)5-6-14(20)21-4-2)10-12(18)15-11-7-9-22-16-11/h7,9H,3-6,8,10H2,1-2H3,(H,15,16,18). The molecule has 0 aliphatic rings. The van der Waals surface area contributed by atoms with Crippen LogP contribution < -0.4 is 5.32 Å². The molecule has 8 nitrogen and oxygen atoms in total. The van der Waals surface area contributed by atoms with E-state index in [-0.39, 0.29) is 37.8 Å². The van der Waals surface area contributed by atoms with Crippen molar-refractivity contribution in [1.82, 2.24) is 10.1 Å². The molecule has 0 saturated heterocycles. The first-order chi connectivity index (χ1) is 10.6. The van der Waals surface area contributed by atoms with Crippen molar-refractivity contribution < 1.29 is 23.6 Å². The Morgan fingerprint density at radius 1 is 1.32 bits per heavy atom. The molecule has 0 saturated carbocycles. The van der Waals surface area contributed by atoms with E-state index >= 15 is 0 Å². The van der Waals surface area contributed by atoms with Gasteiger partial charge >= 0.3 is 5.97 Å². The van der Waals surface area contributed by atoms with Gasteiger partial charge in [-0.1, -0.05) is 12.1 Å². The minimum atomic E-state index is -0.417. The van der Waals surface area contributed by atoms with E-state index in [1.165, 1.54) is 17.2 Å². The van der Waals surface area contributed by atoms with Gasteiger partial charge in [0.1, 0.15) is 6.26 Å². The number of aromatic nitrogens is 1. The summed E-state index contributed by atoms with van der Waals surface area (Å²) in [7, 11) is 0. The van der Waals surface area contributed by atoms with Gasteiger partial charge in [-0.3, -0.25) is 14.4 Å². The van der Waals surface area contributed by atoms with E-state index in [1.807, 2.05) is 6.92 Å². The van der Waals surface area contributed by atoms with E-state index in [0.29, 0.717) is 18.8 Å². The van der Waals surface area contributed by atoms with E-state index in [9.17, 15) is 14.4 Å². The minimum Gasteiger partial charge on any atom is -0.466 e. The third-order valence-electron chi connectivity index (χ3n) is 2.73. The Morgan fingerprint density at radius 3 is 2.68 bits per heavy atom. The van der Waals surface area contributed by atoms with Crippen molar-refractivity contribution in [3.8, 4) is 0 Å². The van der Waals surface area contributed by atoms with Gasteiger partial charge in [0.15, 0.2) is 5.82 Å². The quantitative estimate of drug-likeness (QED) is 0.687. The van der Waals surface area contributed by atoms with E-state index in [4.69, 9.17) is 4.74 Å². The normalized spacial score (nSPS) is 10.1. The fraction of sp³-hybridized carbons (Fsp3) is 0.571. The van der Waals surface area contributed by atoms with Crippen molar-refractivity contribution in [3.05, 3.63) is 12.3 Å². The van der Waals surface area contributed by atoms with Crippen molar-refractivity contribution in [2.24, 2.45) is 0 Å². The summed E-state index contributed by atoms with van der Waals surface area (Å²) in [4.78, 5) is 36.6. The second kappa shape index (κ2) is 9.54. The Bertz CT molecular complexity index is 487. The molecule has 2 amide bonds. The lowest BCUT2D eigenvalue weighted by Crippen LogP contribution is -2.38. The summed E-state index contributed by atoms with van der Waals surface area (Å²) in [5.74, 6) is -0.753. The van der Waals surface area contributed by atoms with Crippen LogP contribution in [0.15, 0.2) is 16.9 Å². The highest BCUT2D eigenvalue weighted by atomic mass is 16.5. The molecule has 0 spiro atoms. The predicted molar refractivity (Wildman–Crippen MR) is 77.9 cm³/mol. The predicted octanol–water partition coefficient (Wildman–Crippen LogP) is 1.19. The van der Waals surface area contributed by atoms with Crippen molar-refractivity contribution in [2.45, 2.75) is 33.1 Å². The number of carbonyl (C=O) groups is 3. The number of ether oxygens (including phenoxy) is 1. The molecule has 1 aromatic rings. The molecule has 0 aliphatic heterocycles. The molecule has 0 fully saturated rings. The zero-order valence-electron chi connectivity index (χ0n) is 12.8. The maximum absolute atomic E-state index is 12.1. The van der Waals surface area contributed by atoms with Crippen molar-refractivity contribution in [3.63, 3.8) is 0 Å². The number of nitrogens with one attached hydrogen (secondary N) is 1. The molecular formula is C14H21N3O5. The molecule has 0 radical (unpaired) electrons. The number of anilines is 1. The summed E-state index contributed by atoms with van der Waals surface area (Å²) in [6, 6.07) is 1.50. The fourth-order valence-electron chi connectivity index (χ4n) is 1.79. The fourth-order valence-corrected chi connectivity index (χ4v) is 1.79. The van der Waals surface area contributed by atoms with E-state index < -0.39 is 5.97 Å². The summed E-state index contributed by atoms with van der Waals surface area (Å²) in [6.07, 6.45) is 2.08. The third kappa shape index (κ3) is 6.38. The molecule has 122 valence electrons. The Hall–Kier alpha value is -2.38. The molecule has 1 rings (SSSR count). The van der Waals surface area contributed by atoms with Gasteiger partial charge in [0, 0.05) is 19.0 Å². The molecule has 0 aromatic carbocycles. The van der Waals surface area contributed by atoms with Crippen molar-refractivity contribution in [2.75, 3.05) is 25.0 Å². The topological polar surface area (TPSA) is 102 Å². The van der Waals surface area contributed by atoms with Crippen LogP contribution in [0.1, 0.15) is 33.1 Å². The van der Waals surface area contributed by atoms with Crippen LogP contribution in [0.25, 0.3) is 0 Å². The molecule has 0 atom stereocenters. The van der Waals surface area contributed by atoms with Crippen LogP contribution in [0.2, 0.25) is 0 Å². The first-order valence-corrected chi connectivity index (χ1v) is 7.20. The van der Waals surface area contributed by atoms with Crippen LogP contribution in [0.4, 0.5) is 5.82 Å². The number of rotatable bonds is 9. The number of carbonyl (C=O) groups excluding carboxylic acids is 3. The van der Waals surface area contributed by atoms with Gasteiger partial charge < -0.3 is 19.5 Å². The Balaban J connectivity index is 2.47. The second-order valence-electron chi connectivity index (χ2n) is 4.55. The highest BCUT2D eigenvalue weighted by Crippen LogP contribution is 2.04. The lowest BCUT2D eigenvalue weighted by atomic mass is 10.2. The van der Waals surface area contributed by atoms with E-state index in [1.54, 1.807) is 6.92 Å². The van der Waals surface area contributed by atoms with Crippen molar-refractivity contribution in [1.29, 1.82) is 0 Å². The first-order valence-electron chi connectivity index (χ1n) is 7.20. The van der Waals surface area contributed by atoms with Gasteiger partial charge in [-0.25, -0.2) is 0 Å². The zero-order chi connectivity index (χ0) is 16.4. The molecule has 0 unspecified atom stereocenters. The summed E-state index contributed by atoms with van der Waals surface area (Å²) < 4.78 is 9.38. The summed E-state index contributed by atoms with van der Waals surface area (Å²) in [6.45, 7) is 4.24. The average molecular weight is 311 g/mol. The summed E-state index contributed by atoms with van der Waals surface area (Å²) in [5.41, 5.74) is 0. The number of hydrogen-bond acceptors (Lipinski definition) is 6. The highest BCUT2D eigenvalue weighted by molar-refractivity contribution is 5.94. The number of nitrogens with zero attached hydrogens (tertiary/aromatic N) is 2. The molecule has 22 heavy (non-hydrogen) atoms. The monoisotopic (exact) mass is 311 g/mol. The van der Waals surface area contributed by atoms with Gasteiger partial charge in [-0.05, 0) is 13.3 Å². The summed E-state index contributed by atoms with van der Waals surface area (Å²) >= 11 is 0. The molecule has 1 aromatic heterocycles. The minimum absolute atomic E-state index is 0.0117. The average Bonchev–Trinajstić information content (AvgIpc) is 2.97. The van der Waals surface area contributed by atoms with Gasteiger partial charge in [0.2, 0.25) is 11.8 Å². The number of amides is 2. The smallest absolute Gasteiger partial charge is 0.306 e. The van der Waals surface area contributed by atoms with E-state index in [0.717, 1.165) is 0 Å². The van der Waals surface area contributed by atoms with Crippen molar-refractivity contribution >= 4 is 23.6 Å². The maximum Gasteiger partial charge on any atom is 0.306 e. The maximum atomic E-state index is 12.1. The van der Waals surface area contributed by atoms with E-state index in [2.05, 4.69) is 15.0 Å². The van der Waals surface area contributed by atoms with Gasteiger partial charge in [0.05, 0.1) is 19.6 Å². The highest BCUT2D eigenvalue weighted by Gasteiger charge is 2.18. The van der Waals surface area contributed by atoms with Crippen LogP contribution in [-0.2, 0) is 19.1 Å². The number of hydrogen-bond donors (Lipinski definition) is 1. The Morgan fingerprint density at radius 2 is 2.09 bits per heavy atom. The van der Waals surface area contributed by atoms with Crippen LogP contribution in [0.5, 0.6) is 0 Å². The second-order valence-corrected chi connectivity index (χ2v) is 4.55. The molecular weight excluding hydrogens is 290 g/mol. The Labute approximate surface area is 128 Å². The molecule has 1 N–H and O–H groups in total.